The Morgan fingerprint density at radius 2 is 1.70 bits per heavy atom. The molecule has 146 valence electrons. The Morgan fingerprint density at radius 1 is 1.04 bits per heavy atom. The fourth-order valence-electron chi connectivity index (χ4n) is 3.33. The molecule has 1 atom stereocenters. The molecular weight excluding hydrogens is 336 g/mol. The highest BCUT2D eigenvalue weighted by Crippen LogP contribution is 2.21. The minimum Gasteiger partial charge on any atom is -0.490 e. The van der Waals surface area contributed by atoms with Crippen LogP contribution in [0.15, 0.2) is 48.5 Å². The van der Waals surface area contributed by atoms with Gasteiger partial charge >= 0.3 is 0 Å². The van der Waals surface area contributed by atoms with Crippen LogP contribution in [-0.4, -0.2) is 40.0 Å². The Hall–Kier alpha value is -2.04. The summed E-state index contributed by atoms with van der Waals surface area (Å²) in [5, 5.41) is 3.62. The SMILES string of the molecule is C[C@H](NCCc1ccc(N(C)C)cc1)c1ccc(OC2CCOCC2)cc1. The van der Waals surface area contributed by atoms with Crippen LogP contribution in [0.2, 0.25) is 0 Å². The molecule has 0 aliphatic carbocycles. The van der Waals surface area contributed by atoms with Gasteiger partial charge < -0.3 is 19.7 Å². The minimum atomic E-state index is 0.291. The lowest BCUT2D eigenvalue weighted by Gasteiger charge is -2.23. The lowest BCUT2D eigenvalue weighted by molar-refractivity contribution is 0.0255. The van der Waals surface area contributed by atoms with Crippen LogP contribution >= 0.6 is 0 Å². The molecule has 2 aromatic rings. The van der Waals surface area contributed by atoms with E-state index in [0.29, 0.717) is 12.1 Å². The Balaban J connectivity index is 1.44. The number of hydrogen-bond donors (Lipinski definition) is 1. The van der Waals surface area contributed by atoms with Crippen LogP contribution in [0.5, 0.6) is 5.75 Å². The van der Waals surface area contributed by atoms with Crippen molar-refractivity contribution in [1.29, 1.82) is 0 Å². The van der Waals surface area contributed by atoms with Crippen molar-refractivity contribution in [2.45, 2.75) is 38.3 Å². The van der Waals surface area contributed by atoms with Crippen LogP contribution in [0.4, 0.5) is 5.69 Å². The molecule has 1 N–H and O–H groups in total. The summed E-state index contributed by atoms with van der Waals surface area (Å²) in [6, 6.07) is 17.6. The summed E-state index contributed by atoms with van der Waals surface area (Å²) in [6.07, 6.45) is 3.28. The molecule has 27 heavy (non-hydrogen) atoms. The van der Waals surface area contributed by atoms with E-state index in [9.17, 15) is 0 Å². The Labute approximate surface area is 163 Å². The van der Waals surface area contributed by atoms with Crippen molar-refractivity contribution in [3.05, 3.63) is 59.7 Å². The molecular formula is C23H32N2O2. The predicted molar refractivity (Wildman–Crippen MR) is 112 cm³/mol. The minimum absolute atomic E-state index is 0.291. The molecule has 0 bridgehead atoms. The second kappa shape index (κ2) is 9.77. The average molecular weight is 369 g/mol. The van der Waals surface area contributed by atoms with Crippen LogP contribution in [0.25, 0.3) is 0 Å². The predicted octanol–water partition coefficient (Wildman–Crippen LogP) is 4.20. The van der Waals surface area contributed by atoms with E-state index in [2.05, 4.69) is 79.8 Å². The number of rotatable bonds is 8. The van der Waals surface area contributed by atoms with Crippen molar-refractivity contribution in [3.63, 3.8) is 0 Å². The van der Waals surface area contributed by atoms with Gasteiger partial charge in [0.1, 0.15) is 11.9 Å². The van der Waals surface area contributed by atoms with E-state index >= 15 is 0 Å². The van der Waals surface area contributed by atoms with Crippen LogP contribution in [0, 0.1) is 0 Å². The molecule has 1 fully saturated rings. The second-order valence-electron chi connectivity index (χ2n) is 7.49. The first-order valence-corrected chi connectivity index (χ1v) is 9.96. The molecule has 4 nitrogen and oxygen atoms in total. The number of benzene rings is 2. The lowest BCUT2D eigenvalue weighted by Crippen LogP contribution is -2.25. The van der Waals surface area contributed by atoms with E-state index in [4.69, 9.17) is 9.47 Å². The van der Waals surface area contributed by atoms with Crippen molar-refractivity contribution < 1.29 is 9.47 Å². The van der Waals surface area contributed by atoms with Crippen LogP contribution < -0.4 is 15.0 Å². The van der Waals surface area contributed by atoms with Gasteiger partial charge in [0.15, 0.2) is 0 Å². The summed E-state index contributed by atoms with van der Waals surface area (Å²) in [6.45, 7) is 4.79. The van der Waals surface area contributed by atoms with Gasteiger partial charge in [-0.25, -0.2) is 0 Å². The first kappa shape index (κ1) is 19.7. The maximum absolute atomic E-state index is 6.05. The summed E-state index contributed by atoms with van der Waals surface area (Å²) in [5.74, 6) is 0.957. The summed E-state index contributed by atoms with van der Waals surface area (Å²) >= 11 is 0. The van der Waals surface area contributed by atoms with E-state index in [1.54, 1.807) is 0 Å². The first-order chi connectivity index (χ1) is 13.1. The highest BCUT2D eigenvalue weighted by molar-refractivity contribution is 5.46. The summed E-state index contributed by atoms with van der Waals surface area (Å²) in [4.78, 5) is 2.12. The molecule has 1 heterocycles. The molecule has 4 heteroatoms. The molecule has 0 amide bonds. The number of ether oxygens (including phenoxy) is 2. The zero-order valence-corrected chi connectivity index (χ0v) is 16.8. The van der Waals surface area contributed by atoms with Gasteiger partial charge in [-0.2, -0.15) is 0 Å². The van der Waals surface area contributed by atoms with Crippen LogP contribution in [0.3, 0.4) is 0 Å². The molecule has 1 saturated heterocycles. The Morgan fingerprint density at radius 3 is 2.33 bits per heavy atom. The highest BCUT2D eigenvalue weighted by atomic mass is 16.5. The van der Waals surface area contributed by atoms with Crippen molar-refractivity contribution in [2.75, 3.05) is 38.8 Å². The zero-order valence-electron chi connectivity index (χ0n) is 16.8. The van der Waals surface area contributed by atoms with Crippen molar-refractivity contribution >= 4 is 5.69 Å². The smallest absolute Gasteiger partial charge is 0.119 e. The van der Waals surface area contributed by atoms with Crippen molar-refractivity contribution in [2.24, 2.45) is 0 Å². The van der Waals surface area contributed by atoms with Crippen LogP contribution in [-0.2, 0) is 11.2 Å². The number of nitrogens with one attached hydrogen (secondary N) is 1. The van der Waals surface area contributed by atoms with E-state index < -0.39 is 0 Å². The summed E-state index contributed by atoms with van der Waals surface area (Å²) in [7, 11) is 4.14. The fourth-order valence-corrected chi connectivity index (χ4v) is 3.33. The lowest BCUT2D eigenvalue weighted by atomic mass is 10.1. The molecule has 0 unspecified atom stereocenters. The topological polar surface area (TPSA) is 33.7 Å². The van der Waals surface area contributed by atoms with E-state index in [1.165, 1.54) is 16.8 Å². The van der Waals surface area contributed by atoms with E-state index in [-0.39, 0.29) is 0 Å². The highest BCUT2D eigenvalue weighted by Gasteiger charge is 2.15. The molecule has 2 aromatic carbocycles. The molecule has 0 radical (unpaired) electrons. The second-order valence-corrected chi connectivity index (χ2v) is 7.49. The van der Waals surface area contributed by atoms with Gasteiger partial charge in [-0.3, -0.25) is 0 Å². The van der Waals surface area contributed by atoms with E-state index in [1.807, 2.05) is 0 Å². The van der Waals surface area contributed by atoms with Crippen molar-refractivity contribution in [3.8, 4) is 5.75 Å². The van der Waals surface area contributed by atoms with Gasteiger partial charge in [0.05, 0.1) is 13.2 Å². The van der Waals surface area contributed by atoms with Gasteiger partial charge in [-0.1, -0.05) is 24.3 Å². The number of hydrogen-bond acceptors (Lipinski definition) is 4. The third-order valence-corrected chi connectivity index (χ3v) is 5.17. The molecule has 0 saturated carbocycles. The normalized spacial score (nSPS) is 16.1. The molecule has 3 rings (SSSR count). The average Bonchev–Trinajstić information content (AvgIpc) is 2.69. The van der Waals surface area contributed by atoms with Gasteiger partial charge in [0, 0.05) is 38.7 Å². The monoisotopic (exact) mass is 368 g/mol. The molecule has 1 aliphatic heterocycles. The standard InChI is InChI=1S/C23H32N2O2/c1-18(24-15-12-19-4-8-21(9-5-19)25(2)3)20-6-10-22(11-7-20)27-23-13-16-26-17-14-23/h4-11,18,23-24H,12-17H2,1-3H3/t18-/m0/s1. The third-order valence-electron chi connectivity index (χ3n) is 5.17. The quantitative estimate of drug-likeness (QED) is 0.757. The van der Waals surface area contributed by atoms with Gasteiger partial charge in [0.2, 0.25) is 0 Å². The largest absolute Gasteiger partial charge is 0.490 e. The third kappa shape index (κ3) is 5.98. The fraction of sp³-hybridized carbons (Fsp3) is 0.478. The summed E-state index contributed by atoms with van der Waals surface area (Å²) in [5.41, 5.74) is 3.89. The Bertz CT molecular complexity index is 677. The Kier molecular flexibility index (Phi) is 7.13. The first-order valence-electron chi connectivity index (χ1n) is 9.96. The van der Waals surface area contributed by atoms with Gasteiger partial charge in [-0.05, 0) is 55.3 Å². The summed E-state index contributed by atoms with van der Waals surface area (Å²) < 4.78 is 11.4. The zero-order chi connectivity index (χ0) is 19.1. The number of nitrogens with zero attached hydrogens (tertiary/aromatic N) is 1. The van der Waals surface area contributed by atoms with Crippen molar-refractivity contribution in [1.82, 2.24) is 5.32 Å². The number of anilines is 1. The van der Waals surface area contributed by atoms with Gasteiger partial charge in [-0.15, -0.1) is 0 Å². The maximum Gasteiger partial charge on any atom is 0.119 e. The molecule has 0 aromatic heterocycles. The molecule has 0 spiro atoms. The van der Waals surface area contributed by atoms with Gasteiger partial charge in [0.25, 0.3) is 0 Å². The molecule has 1 aliphatic rings. The maximum atomic E-state index is 6.05. The van der Waals surface area contributed by atoms with E-state index in [0.717, 1.165) is 44.8 Å². The van der Waals surface area contributed by atoms with Crippen LogP contribution in [0.1, 0.15) is 36.9 Å².